The van der Waals surface area contributed by atoms with E-state index in [1.807, 2.05) is 61.2 Å². The molecule has 0 saturated carbocycles. The number of para-hydroxylation sites is 1. The van der Waals surface area contributed by atoms with E-state index in [0.717, 1.165) is 22.5 Å². The van der Waals surface area contributed by atoms with Crippen LogP contribution in [-0.4, -0.2) is 25.0 Å². The molecule has 0 saturated heterocycles. The van der Waals surface area contributed by atoms with Gasteiger partial charge in [-0.2, -0.15) is 0 Å². The summed E-state index contributed by atoms with van der Waals surface area (Å²) in [5.41, 5.74) is 4.14. The van der Waals surface area contributed by atoms with E-state index in [2.05, 4.69) is 0 Å². The number of nitrogens with zero attached hydrogens (tertiary/aromatic N) is 2. The second-order valence-corrected chi connectivity index (χ2v) is 8.82. The van der Waals surface area contributed by atoms with Crippen molar-refractivity contribution in [1.29, 1.82) is 0 Å². The number of methoxy groups -OCH3 is 1. The number of ether oxygens (including phenoxy) is 1. The number of benzene rings is 3. The molecule has 0 aliphatic carbocycles. The third-order valence-corrected chi connectivity index (χ3v) is 6.42. The van der Waals surface area contributed by atoms with Gasteiger partial charge >= 0.3 is 0 Å². The van der Waals surface area contributed by atoms with E-state index in [1.54, 1.807) is 43.2 Å². The van der Waals surface area contributed by atoms with Crippen molar-refractivity contribution < 1.29 is 14.3 Å². The lowest BCUT2D eigenvalue weighted by atomic mass is 9.87. The molecular weight excluding hydrogens is 436 g/mol. The van der Waals surface area contributed by atoms with Crippen LogP contribution in [0.5, 0.6) is 5.75 Å². The van der Waals surface area contributed by atoms with Gasteiger partial charge in [0.15, 0.2) is 0 Å². The van der Waals surface area contributed by atoms with Crippen molar-refractivity contribution in [3.8, 4) is 5.75 Å². The second-order valence-electron chi connectivity index (χ2n) is 8.39. The van der Waals surface area contributed by atoms with Gasteiger partial charge in [-0.05, 0) is 73.9 Å². The van der Waals surface area contributed by atoms with Crippen molar-refractivity contribution >= 4 is 34.8 Å². The molecule has 2 unspecified atom stereocenters. The van der Waals surface area contributed by atoms with Crippen molar-refractivity contribution in [2.24, 2.45) is 0 Å². The number of aryl methyl sites for hydroxylation is 1. The van der Waals surface area contributed by atoms with Gasteiger partial charge in [0.2, 0.25) is 5.91 Å². The standard InChI is InChI=1S/C27H27ClN2O3/c1-17-7-5-10-24-25(30(19(3)31)22-13-11-21(28)12-14-22)15-18(2)29(26(17)24)27(32)20-8-6-9-23(16-20)33-4/h5-14,16,18,25H,15H2,1-4H3. The first-order valence-electron chi connectivity index (χ1n) is 10.9. The number of fused-ring (bicyclic) bond motifs is 1. The number of carbonyl (C=O) groups is 2. The Hall–Kier alpha value is -3.31. The minimum atomic E-state index is -0.206. The molecule has 6 heteroatoms. The fourth-order valence-electron chi connectivity index (χ4n) is 4.68. The van der Waals surface area contributed by atoms with Gasteiger partial charge in [-0.25, -0.2) is 0 Å². The highest BCUT2D eigenvalue weighted by molar-refractivity contribution is 6.30. The highest BCUT2D eigenvalue weighted by Gasteiger charge is 2.39. The lowest BCUT2D eigenvalue weighted by molar-refractivity contribution is -0.117. The van der Waals surface area contributed by atoms with Crippen LogP contribution in [0, 0.1) is 6.92 Å². The number of carbonyl (C=O) groups excluding carboxylic acids is 2. The number of rotatable bonds is 4. The molecule has 170 valence electrons. The maximum atomic E-state index is 13.7. The molecule has 4 rings (SSSR count). The average Bonchev–Trinajstić information content (AvgIpc) is 2.80. The molecule has 3 aromatic rings. The largest absolute Gasteiger partial charge is 0.497 e. The van der Waals surface area contributed by atoms with E-state index in [-0.39, 0.29) is 23.9 Å². The van der Waals surface area contributed by atoms with Gasteiger partial charge in [-0.3, -0.25) is 9.59 Å². The van der Waals surface area contributed by atoms with Gasteiger partial charge in [-0.1, -0.05) is 35.9 Å². The first-order valence-corrected chi connectivity index (χ1v) is 11.3. The van der Waals surface area contributed by atoms with Crippen LogP contribution >= 0.6 is 11.6 Å². The van der Waals surface area contributed by atoms with Crippen LogP contribution in [0.4, 0.5) is 11.4 Å². The molecule has 2 amide bonds. The van der Waals surface area contributed by atoms with Gasteiger partial charge in [0.1, 0.15) is 5.75 Å². The van der Waals surface area contributed by atoms with Crippen LogP contribution in [0.25, 0.3) is 0 Å². The Bertz CT molecular complexity index is 1190. The molecule has 1 heterocycles. The lowest BCUT2D eigenvalue weighted by Crippen LogP contribution is -2.47. The fraction of sp³-hybridized carbons (Fsp3) is 0.259. The third-order valence-electron chi connectivity index (χ3n) is 6.17. The van der Waals surface area contributed by atoms with Crippen molar-refractivity contribution in [3.05, 3.63) is 88.4 Å². The molecule has 0 spiro atoms. The molecule has 5 nitrogen and oxygen atoms in total. The molecule has 3 aromatic carbocycles. The third kappa shape index (κ3) is 4.33. The van der Waals surface area contributed by atoms with E-state index in [1.165, 1.54) is 0 Å². The van der Waals surface area contributed by atoms with Crippen LogP contribution in [0.1, 0.15) is 47.8 Å². The zero-order chi connectivity index (χ0) is 23.7. The summed E-state index contributed by atoms with van der Waals surface area (Å²) < 4.78 is 5.32. The molecule has 0 bridgehead atoms. The predicted octanol–water partition coefficient (Wildman–Crippen LogP) is 6.19. The van der Waals surface area contributed by atoms with E-state index < -0.39 is 0 Å². The smallest absolute Gasteiger partial charge is 0.258 e. The zero-order valence-corrected chi connectivity index (χ0v) is 20.0. The van der Waals surface area contributed by atoms with Crippen LogP contribution in [0.2, 0.25) is 5.02 Å². The number of anilines is 2. The predicted molar refractivity (Wildman–Crippen MR) is 132 cm³/mol. The topological polar surface area (TPSA) is 49.9 Å². The Morgan fingerprint density at radius 1 is 1.06 bits per heavy atom. The summed E-state index contributed by atoms with van der Waals surface area (Å²) in [5.74, 6) is 0.490. The minimum absolute atomic E-state index is 0.0606. The Morgan fingerprint density at radius 3 is 2.42 bits per heavy atom. The van der Waals surface area contributed by atoms with E-state index in [9.17, 15) is 9.59 Å². The normalized spacial score (nSPS) is 17.3. The Kier molecular flexibility index (Phi) is 6.43. The Labute approximate surface area is 199 Å². The van der Waals surface area contributed by atoms with Crippen molar-refractivity contribution in [2.75, 3.05) is 16.9 Å². The first kappa shape index (κ1) is 22.9. The van der Waals surface area contributed by atoms with Crippen molar-refractivity contribution in [2.45, 2.75) is 39.3 Å². The van der Waals surface area contributed by atoms with Gasteiger partial charge in [0.05, 0.1) is 18.8 Å². The molecule has 33 heavy (non-hydrogen) atoms. The Morgan fingerprint density at radius 2 is 1.76 bits per heavy atom. The molecule has 0 N–H and O–H groups in total. The summed E-state index contributed by atoms with van der Waals surface area (Å²) in [5, 5.41) is 0.616. The molecular formula is C27H27ClN2O3. The SMILES string of the molecule is COc1cccc(C(=O)N2c3c(C)cccc3C(N(C(C)=O)c3ccc(Cl)cc3)CC2C)c1. The molecule has 0 aromatic heterocycles. The Balaban J connectivity index is 1.82. The molecule has 1 aliphatic rings. The molecule has 2 atom stereocenters. The van der Waals surface area contributed by atoms with Crippen LogP contribution < -0.4 is 14.5 Å². The maximum Gasteiger partial charge on any atom is 0.258 e. The first-order chi connectivity index (χ1) is 15.8. The van der Waals surface area contributed by atoms with Crippen LogP contribution in [-0.2, 0) is 4.79 Å². The van der Waals surface area contributed by atoms with Crippen LogP contribution in [0.3, 0.4) is 0 Å². The lowest BCUT2D eigenvalue weighted by Gasteiger charge is -2.44. The summed E-state index contributed by atoms with van der Waals surface area (Å²) in [4.78, 5) is 30.2. The highest BCUT2D eigenvalue weighted by Crippen LogP contribution is 2.44. The summed E-state index contributed by atoms with van der Waals surface area (Å²) in [6.07, 6.45) is 0.606. The quantitative estimate of drug-likeness (QED) is 0.464. The number of hydrogen-bond acceptors (Lipinski definition) is 3. The maximum absolute atomic E-state index is 13.7. The number of halogens is 1. The number of amides is 2. The van der Waals surface area contributed by atoms with Crippen molar-refractivity contribution in [1.82, 2.24) is 0 Å². The van der Waals surface area contributed by atoms with E-state index >= 15 is 0 Å². The van der Waals surface area contributed by atoms with Gasteiger partial charge < -0.3 is 14.5 Å². The van der Waals surface area contributed by atoms with E-state index in [0.29, 0.717) is 22.8 Å². The van der Waals surface area contributed by atoms with Gasteiger partial charge in [0.25, 0.3) is 5.91 Å². The average molecular weight is 463 g/mol. The summed E-state index contributed by atoms with van der Waals surface area (Å²) in [6, 6.07) is 20.1. The second kappa shape index (κ2) is 9.28. The summed E-state index contributed by atoms with van der Waals surface area (Å²) >= 11 is 6.08. The van der Waals surface area contributed by atoms with Gasteiger partial charge in [-0.15, -0.1) is 0 Å². The van der Waals surface area contributed by atoms with Crippen molar-refractivity contribution in [3.63, 3.8) is 0 Å². The molecule has 0 radical (unpaired) electrons. The molecule has 0 fully saturated rings. The minimum Gasteiger partial charge on any atom is -0.497 e. The zero-order valence-electron chi connectivity index (χ0n) is 19.2. The fourth-order valence-corrected chi connectivity index (χ4v) is 4.81. The van der Waals surface area contributed by atoms with Crippen LogP contribution in [0.15, 0.2) is 66.7 Å². The summed E-state index contributed by atoms with van der Waals surface area (Å²) in [7, 11) is 1.59. The van der Waals surface area contributed by atoms with Gasteiger partial charge in [0, 0.05) is 29.2 Å². The van der Waals surface area contributed by atoms with E-state index in [4.69, 9.17) is 16.3 Å². The molecule has 1 aliphatic heterocycles. The number of hydrogen-bond donors (Lipinski definition) is 0. The summed E-state index contributed by atoms with van der Waals surface area (Å²) in [6.45, 7) is 5.60. The monoisotopic (exact) mass is 462 g/mol. The highest BCUT2D eigenvalue weighted by atomic mass is 35.5.